The van der Waals surface area contributed by atoms with Gasteiger partial charge < -0.3 is 0 Å². The van der Waals surface area contributed by atoms with Crippen LogP contribution in [0.3, 0.4) is 0 Å². The summed E-state index contributed by atoms with van der Waals surface area (Å²) in [5.41, 5.74) is 1.36. The van der Waals surface area contributed by atoms with Gasteiger partial charge in [0.25, 0.3) is 5.91 Å². The lowest BCUT2D eigenvalue weighted by Crippen LogP contribution is -2.12. The van der Waals surface area contributed by atoms with E-state index in [1.54, 1.807) is 17.9 Å². The van der Waals surface area contributed by atoms with Crippen LogP contribution >= 0.6 is 0 Å². The minimum Gasteiger partial charge on any atom is -0.289 e. The van der Waals surface area contributed by atoms with Gasteiger partial charge in [0.2, 0.25) is 5.95 Å². The molecule has 0 fully saturated rings. The normalized spacial score (nSPS) is 10.4. The molecule has 0 atom stereocenters. The first kappa shape index (κ1) is 12.1. The Balaban J connectivity index is 1.76. The summed E-state index contributed by atoms with van der Waals surface area (Å²) < 4.78 is 1.56. The number of benzene rings is 1. The average molecular weight is 268 g/mol. The molecule has 3 aromatic rings. The van der Waals surface area contributed by atoms with Gasteiger partial charge in [0.15, 0.2) is 5.82 Å². The molecule has 0 saturated heterocycles. The Morgan fingerprint density at radius 3 is 2.80 bits per heavy atom. The maximum atomic E-state index is 11.9. The van der Waals surface area contributed by atoms with Crippen molar-refractivity contribution in [3.63, 3.8) is 0 Å². The number of amides is 1. The molecule has 1 amide bonds. The van der Waals surface area contributed by atoms with Crippen molar-refractivity contribution >= 4 is 11.9 Å². The first-order valence-electron chi connectivity index (χ1n) is 6.00. The minimum atomic E-state index is -0.295. The number of anilines is 1. The molecule has 2 N–H and O–H groups in total. The lowest BCUT2D eigenvalue weighted by molar-refractivity contribution is 0.102. The van der Waals surface area contributed by atoms with Crippen molar-refractivity contribution < 1.29 is 4.79 Å². The van der Waals surface area contributed by atoms with Gasteiger partial charge in [0.1, 0.15) is 0 Å². The van der Waals surface area contributed by atoms with E-state index in [-0.39, 0.29) is 11.9 Å². The predicted octanol–water partition coefficient (Wildman–Crippen LogP) is 1.46. The van der Waals surface area contributed by atoms with Crippen molar-refractivity contribution in [2.24, 2.45) is 7.05 Å². The molecule has 0 radical (unpaired) electrons. The molecule has 0 aliphatic rings. The summed E-state index contributed by atoms with van der Waals surface area (Å²) in [5, 5.41) is 13.3. The minimum absolute atomic E-state index is 0.234. The number of hydrogen-bond acceptors (Lipinski definition) is 4. The number of aryl methyl sites for hydroxylation is 1. The lowest BCUT2D eigenvalue weighted by atomic mass is 10.2. The number of carbonyl (C=O) groups excluding carboxylic acids is 1. The molecule has 2 heterocycles. The van der Waals surface area contributed by atoms with Crippen LogP contribution in [0.25, 0.3) is 11.4 Å². The summed E-state index contributed by atoms with van der Waals surface area (Å²) in [5.74, 6) is 0.543. The predicted molar refractivity (Wildman–Crippen MR) is 73.0 cm³/mol. The molecular weight excluding hydrogens is 256 g/mol. The van der Waals surface area contributed by atoms with Crippen molar-refractivity contribution in [1.82, 2.24) is 25.0 Å². The zero-order valence-corrected chi connectivity index (χ0v) is 10.7. The second-order valence-electron chi connectivity index (χ2n) is 4.23. The van der Waals surface area contributed by atoms with Gasteiger partial charge in [-0.05, 0) is 0 Å². The molecule has 3 rings (SSSR count). The number of nitrogens with one attached hydrogen (secondary N) is 2. The van der Waals surface area contributed by atoms with Crippen LogP contribution in [0, 0.1) is 0 Å². The Morgan fingerprint density at radius 2 is 2.10 bits per heavy atom. The van der Waals surface area contributed by atoms with E-state index in [2.05, 4.69) is 25.6 Å². The van der Waals surface area contributed by atoms with Crippen LogP contribution in [-0.2, 0) is 7.05 Å². The molecular formula is C13H12N6O. The largest absolute Gasteiger partial charge is 0.289 e. The van der Waals surface area contributed by atoms with Gasteiger partial charge in [-0.15, -0.1) is 5.10 Å². The molecule has 0 aliphatic heterocycles. The SMILES string of the molecule is Cn1cc(C(=O)Nc2n[nH]c(-c3ccccc3)n2)cn1. The summed E-state index contributed by atoms with van der Waals surface area (Å²) in [6.07, 6.45) is 3.11. The van der Waals surface area contributed by atoms with Gasteiger partial charge in [-0.25, -0.2) is 0 Å². The molecule has 0 aliphatic carbocycles. The van der Waals surface area contributed by atoms with E-state index < -0.39 is 0 Å². The quantitative estimate of drug-likeness (QED) is 0.752. The number of rotatable bonds is 3. The van der Waals surface area contributed by atoms with Crippen LogP contribution in [0.2, 0.25) is 0 Å². The van der Waals surface area contributed by atoms with Crippen LogP contribution in [0.4, 0.5) is 5.95 Å². The first-order chi connectivity index (χ1) is 9.72. The fraction of sp³-hybridized carbons (Fsp3) is 0.0769. The van der Waals surface area contributed by atoms with E-state index in [1.807, 2.05) is 30.3 Å². The Morgan fingerprint density at radius 1 is 1.30 bits per heavy atom. The molecule has 100 valence electrons. The molecule has 7 nitrogen and oxygen atoms in total. The number of aromatic amines is 1. The number of carbonyl (C=O) groups is 1. The highest BCUT2D eigenvalue weighted by molar-refractivity contribution is 6.03. The van der Waals surface area contributed by atoms with Crippen LogP contribution < -0.4 is 5.32 Å². The van der Waals surface area contributed by atoms with E-state index in [4.69, 9.17) is 0 Å². The van der Waals surface area contributed by atoms with Gasteiger partial charge in [-0.3, -0.25) is 19.9 Å². The van der Waals surface area contributed by atoms with Gasteiger partial charge in [-0.1, -0.05) is 30.3 Å². The number of nitrogens with zero attached hydrogens (tertiary/aromatic N) is 4. The van der Waals surface area contributed by atoms with Crippen molar-refractivity contribution in [3.8, 4) is 11.4 Å². The molecule has 2 aromatic heterocycles. The van der Waals surface area contributed by atoms with Crippen molar-refractivity contribution in [1.29, 1.82) is 0 Å². The van der Waals surface area contributed by atoms with E-state index in [1.165, 1.54) is 6.20 Å². The van der Waals surface area contributed by atoms with E-state index in [0.717, 1.165) is 5.56 Å². The maximum Gasteiger partial charge on any atom is 0.261 e. The summed E-state index contributed by atoms with van der Waals surface area (Å²) in [7, 11) is 1.75. The third-order valence-corrected chi connectivity index (χ3v) is 2.73. The molecule has 0 bridgehead atoms. The standard InChI is InChI=1S/C13H12N6O/c1-19-8-10(7-14-19)12(20)16-13-15-11(17-18-13)9-5-3-2-4-6-9/h2-8H,1H3,(H2,15,16,17,18,20). The van der Waals surface area contributed by atoms with Crippen LogP contribution in [0.15, 0.2) is 42.7 Å². The van der Waals surface area contributed by atoms with Crippen molar-refractivity contribution in [2.75, 3.05) is 5.32 Å². The summed E-state index contributed by atoms with van der Waals surface area (Å²) in [6.45, 7) is 0. The summed E-state index contributed by atoms with van der Waals surface area (Å²) in [6, 6.07) is 9.56. The zero-order valence-electron chi connectivity index (χ0n) is 10.7. The smallest absolute Gasteiger partial charge is 0.261 e. The third kappa shape index (κ3) is 2.41. The highest BCUT2D eigenvalue weighted by Gasteiger charge is 2.11. The second kappa shape index (κ2) is 4.96. The highest BCUT2D eigenvalue weighted by atomic mass is 16.1. The first-order valence-corrected chi connectivity index (χ1v) is 6.00. The topological polar surface area (TPSA) is 88.5 Å². The summed E-state index contributed by atoms with van der Waals surface area (Å²) >= 11 is 0. The Hall–Kier alpha value is -2.96. The van der Waals surface area contributed by atoms with Gasteiger partial charge in [-0.2, -0.15) is 10.1 Å². The van der Waals surface area contributed by atoms with Crippen LogP contribution in [0.1, 0.15) is 10.4 Å². The molecule has 1 aromatic carbocycles. The Kier molecular flexibility index (Phi) is 3.00. The van der Waals surface area contributed by atoms with E-state index in [9.17, 15) is 4.79 Å². The number of aromatic nitrogens is 5. The Labute approximate surface area is 114 Å². The molecule has 7 heteroatoms. The van der Waals surface area contributed by atoms with Gasteiger partial charge in [0.05, 0.1) is 11.8 Å². The molecule has 20 heavy (non-hydrogen) atoms. The van der Waals surface area contributed by atoms with Crippen molar-refractivity contribution in [2.45, 2.75) is 0 Å². The van der Waals surface area contributed by atoms with E-state index >= 15 is 0 Å². The van der Waals surface area contributed by atoms with Gasteiger partial charge >= 0.3 is 0 Å². The average Bonchev–Trinajstić information content (AvgIpc) is 3.09. The fourth-order valence-electron chi connectivity index (χ4n) is 1.76. The monoisotopic (exact) mass is 268 g/mol. The number of hydrogen-bond donors (Lipinski definition) is 2. The number of H-pyrrole nitrogens is 1. The zero-order chi connectivity index (χ0) is 13.9. The summed E-state index contributed by atoms with van der Waals surface area (Å²) in [4.78, 5) is 16.1. The third-order valence-electron chi connectivity index (χ3n) is 2.73. The highest BCUT2D eigenvalue weighted by Crippen LogP contribution is 2.15. The van der Waals surface area contributed by atoms with E-state index in [0.29, 0.717) is 11.4 Å². The second-order valence-corrected chi connectivity index (χ2v) is 4.23. The van der Waals surface area contributed by atoms with Crippen LogP contribution in [0.5, 0.6) is 0 Å². The lowest BCUT2D eigenvalue weighted by Gasteiger charge is -1.96. The van der Waals surface area contributed by atoms with Crippen LogP contribution in [-0.4, -0.2) is 30.9 Å². The molecule has 0 spiro atoms. The molecule has 0 unspecified atom stereocenters. The van der Waals surface area contributed by atoms with Crippen molar-refractivity contribution in [3.05, 3.63) is 48.3 Å². The molecule has 0 saturated carbocycles. The maximum absolute atomic E-state index is 11.9. The fourth-order valence-corrected chi connectivity index (χ4v) is 1.76. The Bertz CT molecular complexity index is 730. The van der Waals surface area contributed by atoms with Gasteiger partial charge in [0, 0.05) is 18.8 Å².